The fraction of sp³-hybridized carbons (Fsp3) is 0.469. The largest absolute Gasteiger partial charge is 0.507 e. The summed E-state index contributed by atoms with van der Waals surface area (Å²) in [5, 5.41) is 11.7. The standard InChI is InChI=1S/C32H40N4O6S/c1-4-18-35-26-13-8-7-12-25(26)32(31(35)40)27(29(38)30(39)36(32)22-11-19-33(2)3)28(37)23-14-16-24(17-15-23)43(41,42)34-20-9-5-6-10-21-34/h7-8,12-17,37H,4-6,9-11,18-22H2,1-3H3/b28-27+. The van der Waals surface area contributed by atoms with Crippen molar-refractivity contribution in [2.45, 2.75) is 55.9 Å². The van der Waals surface area contributed by atoms with Crippen LogP contribution in [0.5, 0.6) is 0 Å². The van der Waals surface area contributed by atoms with Gasteiger partial charge in [0.15, 0.2) is 5.54 Å². The lowest BCUT2D eigenvalue weighted by Crippen LogP contribution is -2.52. The first kappa shape index (κ1) is 30.9. The number of nitrogens with zero attached hydrogens (tertiary/aromatic N) is 4. The SMILES string of the molecule is CCCN1C(=O)C2(/C(=C(/O)c3ccc(S(=O)(=O)N4CCCCCC4)cc3)C(=O)C(=O)N2CCCN(C)C)c2ccccc21. The van der Waals surface area contributed by atoms with Crippen LogP contribution in [0, 0.1) is 0 Å². The second-order valence-corrected chi connectivity index (χ2v) is 13.6. The zero-order valence-electron chi connectivity index (χ0n) is 25.1. The predicted octanol–water partition coefficient (Wildman–Crippen LogP) is 3.54. The maximum absolute atomic E-state index is 14.4. The van der Waals surface area contributed by atoms with Crippen LogP contribution in [0.4, 0.5) is 5.69 Å². The smallest absolute Gasteiger partial charge is 0.296 e. The number of likely N-dealkylation sites (tertiary alicyclic amines) is 1. The van der Waals surface area contributed by atoms with Crippen LogP contribution in [0.1, 0.15) is 56.6 Å². The monoisotopic (exact) mass is 608 g/mol. The quantitative estimate of drug-likeness (QED) is 0.263. The van der Waals surface area contributed by atoms with Gasteiger partial charge in [0.1, 0.15) is 5.76 Å². The highest BCUT2D eigenvalue weighted by Crippen LogP contribution is 2.53. The van der Waals surface area contributed by atoms with E-state index in [1.54, 1.807) is 29.2 Å². The molecule has 0 radical (unpaired) electrons. The third kappa shape index (κ3) is 5.17. The van der Waals surface area contributed by atoms with Crippen molar-refractivity contribution in [3.8, 4) is 0 Å². The molecule has 0 aromatic heterocycles. The Morgan fingerprint density at radius 1 is 0.930 bits per heavy atom. The number of ketones is 1. The number of carbonyl (C=O) groups excluding carboxylic acids is 3. The Kier molecular flexibility index (Phi) is 8.78. The molecule has 0 saturated carbocycles. The fourth-order valence-corrected chi connectivity index (χ4v) is 8.03. The maximum Gasteiger partial charge on any atom is 0.296 e. The maximum atomic E-state index is 14.4. The van der Waals surface area contributed by atoms with Crippen LogP contribution in [0.3, 0.4) is 0 Å². The molecule has 1 atom stereocenters. The molecule has 11 heteroatoms. The molecule has 230 valence electrons. The number of anilines is 1. The van der Waals surface area contributed by atoms with E-state index in [-0.39, 0.29) is 22.6 Å². The lowest BCUT2D eigenvalue weighted by molar-refractivity contribution is -0.143. The molecule has 2 aromatic rings. The van der Waals surface area contributed by atoms with Gasteiger partial charge < -0.3 is 19.8 Å². The summed E-state index contributed by atoms with van der Waals surface area (Å²) in [7, 11) is 0.0693. The minimum atomic E-state index is -3.74. The Morgan fingerprint density at radius 3 is 2.21 bits per heavy atom. The summed E-state index contributed by atoms with van der Waals surface area (Å²) in [4.78, 5) is 46.8. The van der Waals surface area contributed by atoms with Gasteiger partial charge >= 0.3 is 0 Å². The highest BCUT2D eigenvalue weighted by atomic mass is 32.2. The molecule has 43 heavy (non-hydrogen) atoms. The second-order valence-electron chi connectivity index (χ2n) is 11.7. The number of hydrogen-bond donors (Lipinski definition) is 1. The fourth-order valence-electron chi connectivity index (χ4n) is 6.52. The van der Waals surface area contributed by atoms with E-state index in [4.69, 9.17) is 0 Å². The van der Waals surface area contributed by atoms with Crippen LogP contribution < -0.4 is 4.90 Å². The summed E-state index contributed by atoms with van der Waals surface area (Å²) >= 11 is 0. The number of fused-ring (bicyclic) bond motifs is 2. The molecular formula is C32H40N4O6S. The van der Waals surface area contributed by atoms with Gasteiger partial charge in [-0.1, -0.05) is 38.0 Å². The zero-order valence-corrected chi connectivity index (χ0v) is 25.9. The Morgan fingerprint density at radius 2 is 1.58 bits per heavy atom. The average Bonchev–Trinajstić information content (AvgIpc) is 3.20. The number of aliphatic hydroxyl groups excluding tert-OH is 1. The summed E-state index contributed by atoms with van der Waals surface area (Å²) in [6.07, 6.45) is 4.75. The molecule has 2 saturated heterocycles. The summed E-state index contributed by atoms with van der Waals surface area (Å²) in [5.74, 6) is -2.75. The van der Waals surface area contributed by atoms with Crippen LogP contribution in [0.25, 0.3) is 5.76 Å². The highest BCUT2D eigenvalue weighted by molar-refractivity contribution is 7.89. The van der Waals surface area contributed by atoms with Crippen molar-refractivity contribution in [1.82, 2.24) is 14.1 Å². The van der Waals surface area contributed by atoms with Crippen molar-refractivity contribution < 1.29 is 27.9 Å². The van der Waals surface area contributed by atoms with Crippen LogP contribution in [0.2, 0.25) is 0 Å². The molecule has 2 fully saturated rings. The summed E-state index contributed by atoms with van der Waals surface area (Å²) in [6.45, 7) is 3.99. The van der Waals surface area contributed by atoms with Crippen molar-refractivity contribution >= 4 is 39.1 Å². The lowest BCUT2D eigenvalue weighted by atomic mass is 9.82. The molecule has 3 heterocycles. The van der Waals surface area contributed by atoms with Crippen molar-refractivity contribution in [2.24, 2.45) is 0 Å². The molecular weight excluding hydrogens is 568 g/mol. The van der Waals surface area contributed by atoms with Gasteiger partial charge in [0, 0.05) is 37.3 Å². The Balaban J connectivity index is 1.63. The Labute approximate surface area is 253 Å². The van der Waals surface area contributed by atoms with Crippen molar-refractivity contribution in [3.63, 3.8) is 0 Å². The number of rotatable bonds is 9. The predicted molar refractivity (Wildman–Crippen MR) is 164 cm³/mol. The third-order valence-electron chi connectivity index (χ3n) is 8.57. The Hall–Kier alpha value is -3.54. The van der Waals surface area contributed by atoms with Gasteiger partial charge in [0.05, 0.1) is 16.2 Å². The molecule has 10 nitrogen and oxygen atoms in total. The minimum absolute atomic E-state index is 0.0845. The molecule has 0 bridgehead atoms. The first-order valence-corrected chi connectivity index (χ1v) is 16.5. The molecule has 2 amide bonds. The van der Waals surface area contributed by atoms with E-state index < -0.39 is 38.9 Å². The number of amides is 2. The van der Waals surface area contributed by atoms with Crippen LogP contribution in [0.15, 0.2) is 59.0 Å². The number of para-hydroxylation sites is 1. The van der Waals surface area contributed by atoms with Crippen molar-refractivity contribution in [2.75, 3.05) is 51.7 Å². The zero-order chi connectivity index (χ0) is 30.9. The van der Waals surface area contributed by atoms with E-state index in [0.717, 1.165) is 25.7 Å². The Bertz CT molecular complexity index is 1540. The number of carbonyl (C=O) groups is 3. The van der Waals surface area contributed by atoms with Crippen molar-refractivity contribution in [1.29, 1.82) is 0 Å². The average molecular weight is 609 g/mol. The van der Waals surface area contributed by atoms with Gasteiger partial charge in [-0.15, -0.1) is 0 Å². The van der Waals surface area contributed by atoms with Gasteiger partial charge in [-0.25, -0.2) is 8.42 Å². The second kappa shape index (κ2) is 12.2. The van der Waals surface area contributed by atoms with Crippen LogP contribution in [-0.4, -0.2) is 92.0 Å². The number of Topliss-reactive ketones (excluding diaryl/α,β-unsaturated/α-hetero) is 1. The number of benzene rings is 2. The highest BCUT2D eigenvalue weighted by Gasteiger charge is 2.66. The first-order chi connectivity index (χ1) is 20.6. The molecule has 1 N–H and O–H groups in total. The summed E-state index contributed by atoms with van der Waals surface area (Å²) in [6, 6.07) is 12.8. The summed E-state index contributed by atoms with van der Waals surface area (Å²) in [5.41, 5.74) is -0.896. The van der Waals surface area contributed by atoms with Gasteiger partial charge in [-0.05, 0) is 76.7 Å². The van der Waals surface area contributed by atoms with E-state index in [0.29, 0.717) is 50.3 Å². The van der Waals surface area contributed by atoms with Crippen LogP contribution in [-0.2, 0) is 29.9 Å². The van der Waals surface area contributed by atoms with Gasteiger partial charge in [0.2, 0.25) is 10.0 Å². The number of hydrogen-bond acceptors (Lipinski definition) is 7. The topological polar surface area (TPSA) is 119 Å². The normalized spacial score (nSPS) is 22.6. The molecule has 3 aliphatic rings. The van der Waals surface area contributed by atoms with Gasteiger partial charge in [-0.2, -0.15) is 4.31 Å². The molecule has 5 rings (SSSR count). The molecule has 3 aliphatic heterocycles. The third-order valence-corrected chi connectivity index (χ3v) is 10.5. The molecule has 1 unspecified atom stereocenters. The van der Waals surface area contributed by atoms with Gasteiger partial charge in [0.25, 0.3) is 17.6 Å². The van der Waals surface area contributed by atoms with E-state index in [1.165, 1.54) is 33.5 Å². The molecule has 1 spiro atoms. The first-order valence-electron chi connectivity index (χ1n) is 15.0. The van der Waals surface area contributed by atoms with E-state index in [9.17, 15) is 27.9 Å². The van der Waals surface area contributed by atoms with E-state index in [1.807, 2.05) is 25.9 Å². The van der Waals surface area contributed by atoms with E-state index in [2.05, 4.69) is 0 Å². The molecule has 0 aliphatic carbocycles. The van der Waals surface area contributed by atoms with E-state index >= 15 is 0 Å². The number of aliphatic hydroxyl groups is 1. The van der Waals surface area contributed by atoms with Crippen molar-refractivity contribution in [3.05, 3.63) is 65.2 Å². The van der Waals surface area contributed by atoms with Crippen LogP contribution >= 0.6 is 0 Å². The minimum Gasteiger partial charge on any atom is -0.507 e. The molecule has 2 aromatic carbocycles. The lowest BCUT2D eigenvalue weighted by Gasteiger charge is -2.34. The van der Waals surface area contributed by atoms with Gasteiger partial charge in [-0.3, -0.25) is 14.4 Å². The summed E-state index contributed by atoms with van der Waals surface area (Å²) < 4.78 is 28.2. The number of sulfonamides is 1.